The monoisotopic (exact) mass is 138 g/mol. The number of rotatable bonds is 0. The lowest BCUT2D eigenvalue weighted by Crippen LogP contribution is -2.50. The molecule has 1 aliphatic rings. The molecule has 0 amide bonds. The van der Waals surface area contributed by atoms with Crippen LogP contribution in [0.5, 0.6) is 0 Å². The highest BCUT2D eigenvalue weighted by molar-refractivity contribution is 5.20. The summed E-state index contributed by atoms with van der Waals surface area (Å²) >= 11 is 0. The first-order valence-corrected chi connectivity index (χ1v) is 3.76. The Kier molecular flexibility index (Phi) is 1.74. The van der Waals surface area contributed by atoms with E-state index in [0.717, 1.165) is 6.42 Å². The molecule has 0 aliphatic heterocycles. The van der Waals surface area contributed by atoms with Gasteiger partial charge in [0.05, 0.1) is 0 Å². The van der Waals surface area contributed by atoms with Crippen LogP contribution in [-0.2, 0) is 0 Å². The van der Waals surface area contributed by atoms with E-state index < -0.39 is 5.60 Å². The summed E-state index contributed by atoms with van der Waals surface area (Å²) in [7, 11) is 0. The lowest BCUT2D eigenvalue weighted by molar-refractivity contribution is -0.0763. The Bertz CT molecular complexity index is 187. The maximum Gasteiger partial charge on any atom is 0.128 e. The van der Waals surface area contributed by atoms with Crippen molar-refractivity contribution in [3.8, 4) is 11.8 Å². The van der Waals surface area contributed by atoms with E-state index in [9.17, 15) is 5.11 Å². The van der Waals surface area contributed by atoms with Crippen LogP contribution in [-0.4, -0.2) is 10.7 Å². The minimum Gasteiger partial charge on any atom is -0.377 e. The number of hydrogen-bond acceptors (Lipinski definition) is 1. The Labute approximate surface area is 62.4 Å². The van der Waals surface area contributed by atoms with Crippen LogP contribution in [0.1, 0.15) is 27.2 Å². The van der Waals surface area contributed by atoms with Crippen molar-refractivity contribution < 1.29 is 5.11 Å². The Morgan fingerprint density at radius 2 is 2.10 bits per heavy atom. The van der Waals surface area contributed by atoms with Crippen molar-refractivity contribution in [2.24, 2.45) is 11.8 Å². The second-order valence-corrected chi connectivity index (χ2v) is 3.27. The van der Waals surface area contributed by atoms with Gasteiger partial charge in [0.15, 0.2) is 0 Å². The lowest BCUT2D eigenvalue weighted by atomic mass is 9.63. The van der Waals surface area contributed by atoms with Gasteiger partial charge >= 0.3 is 0 Å². The Morgan fingerprint density at radius 3 is 2.40 bits per heavy atom. The average molecular weight is 138 g/mol. The van der Waals surface area contributed by atoms with Gasteiger partial charge in [-0.15, -0.1) is 5.92 Å². The first-order valence-electron chi connectivity index (χ1n) is 3.76. The fourth-order valence-corrected chi connectivity index (χ4v) is 1.55. The van der Waals surface area contributed by atoms with Crippen molar-refractivity contribution in [1.29, 1.82) is 0 Å². The van der Waals surface area contributed by atoms with E-state index in [-0.39, 0.29) is 0 Å². The van der Waals surface area contributed by atoms with E-state index in [0.29, 0.717) is 11.8 Å². The van der Waals surface area contributed by atoms with E-state index >= 15 is 0 Å². The SMILES string of the molecule is CC#CC1(O)CC(C)C1C. The minimum absolute atomic E-state index is 0.347. The van der Waals surface area contributed by atoms with E-state index in [1.807, 2.05) is 0 Å². The largest absolute Gasteiger partial charge is 0.377 e. The van der Waals surface area contributed by atoms with E-state index in [2.05, 4.69) is 25.7 Å². The second kappa shape index (κ2) is 2.29. The number of hydrogen-bond donors (Lipinski definition) is 1. The molecule has 1 nitrogen and oxygen atoms in total. The highest BCUT2D eigenvalue weighted by atomic mass is 16.3. The van der Waals surface area contributed by atoms with Crippen LogP contribution >= 0.6 is 0 Å². The molecule has 10 heavy (non-hydrogen) atoms. The molecule has 1 heteroatoms. The Balaban J connectivity index is 2.63. The Hall–Kier alpha value is -0.480. The molecule has 0 bridgehead atoms. The van der Waals surface area contributed by atoms with E-state index in [1.54, 1.807) is 6.92 Å². The Morgan fingerprint density at radius 1 is 1.50 bits per heavy atom. The molecule has 0 aromatic rings. The highest BCUT2D eigenvalue weighted by Gasteiger charge is 2.46. The summed E-state index contributed by atoms with van der Waals surface area (Å²) in [6.07, 6.45) is 0.842. The molecule has 0 radical (unpaired) electrons. The van der Waals surface area contributed by atoms with Crippen LogP contribution in [0, 0.1) is 23.7 Å². The van der Waals surface area contributed by atoms with Crippen LogP contribution in [0.25, 0.3) is 0 Å². The molecular formula is C9H14O. The van der Waals surface area contributed by atoms with Crippen LogP contribution in [0.4, 0.5) is 0 Å². The van der Waals surface area contributed by atoms with Crippen molar-refractivity contribution in [2.45, 2.75) is 32.8 Å². The van der Waals surface area contributed by atoms with Crippen LogP contribution < -0.4 is 0 Å². The molecule has 0 spiro atoms. The fraction of sp³-hybridized carbons (Fsp3) is 0.778. The molecule has 1 N–H and O–H groups in total. The molecule has 3 atom stereocenters. The quantitative estimate of drug-likeness (QED) is 0.502. The molecule has 1 saturated carbocycles. The summed E-state index contributed by atoms with van der Waals surface area (Å²) < 4.78 is 0. The first-order chi connectivity index (χ1) is 4.60. The van der Waals surface area contributed by atoms with Gasteiger partial charge in [0.1, 0.15) is 5.60 Å². The summed E-state index contributed by atoms with van der Waals surface area (Å²) in [4.78, 5) is 0. The minimum atomic E-state index is -0.659. The van der Waals surface area contributed by atoms with Gasteiger partial charge in [0, 0.05) is 0 Å². The van der Waals surface area contributed by atoms with Crippen molar-refractivity contribution in [3.63, 3.8) is 0 Å². The van der Waals surface area contributed by atoms with Gasteiger partial charge in [-0.2, -0.15) is 0 Å². The maximum atomic E-state index is 9.68. The summed E-state index contributed by atoms with van der Waals surface area (Å²) in [5.41, 5.74) is -0.659. The molecule has 1 fully saturated rings. The smallest absolute Gasteiger partial charge is 0.128 e. The molecule has 3 unspecified atom stereocenters. The summed E-state index contributed by atoms with van der Waals surface area (Å²) in [6, 6.07) is 0. The zero-order valence-electron chi connectivity index (χ0n) is 6.81. The molecule has 0 aromatic carbocycles. The zero-order chi connectivity index (χ0) is 7.78. The molecule has 1 aliphatic carbocycles. The van der Waals surface area contributed by atoms with Crippen LogP contribution in [0.3, 0.4) is 0 Å². The van der Waals surface area contributed by atoms with Gasteiger partial charge in [0.25, 0.3) is 0 Å². The molecular weight excluding hydrogens is 124 g/mol. The highest BCUT2D eigenvalue weighted by Crippen LogP contribution is 2.42. The lowest BCUT2D eigenvalue weighted by Gasteiger charge is -2.45. The molecule has 0 heterocycles. The topological polar surface area (TPSA) is 20.2 Å². The first kappa shape index (κ1) is 7.63. The van der Waals surface area contributed by atoms with Crippen molar-refractivity contribution in [2.75, 3.05) is 0 Å². The van der Waals surface area contributed by atoms with Gasteiger partial charge in [-0.25, -0.2) is 0 Å². The zero-order valence-corrected chi connectivity index (χ0v) is 6.81. The average Bonchev–Trinajstić information content (AvgIpc) is 1.88. The van der Waals surface area contributed by atoms with Gasteiger partial charge in [0.2, 0.25) is 0 Å². The van der Waals surface area contributed by atoms with Crippen molar-refractivity contribution >= 4 is 0 Å². The van der Waals surface area contributed by atoms with Crippen LogP contribution in [0.2, 0.25) is 0 Å². The van der Waals surface area contributed by atoms with Gasteiger partial charge in [-0.3, -0.25) is 0 Å². The third kappa shape index (κ3) is 0.932. The van der Waals surface area contributed by atoms with Crippen molar-refractivity contribution in [1.82, 2.24) is 0 Å². The third-order valence-electron chi connectivity index (χ3n) is 2.58. The predicted molar refractivity (Wildman–Crippen MR) is 41.3 cm³/mol. The summed E-state index contributed by atoms with van der Waals surface area (Å²) in [6.45, 7) is 5.97. The molecule has 1 rings (SSSR count). The molecule has 56 valence electrons. The van der Waals surface area contributed by atoms with Gasteiger partial charge < -0.3 is 5.11 Å². The maximum absolute atomic E-state index is 9.68. The molecule has 0 saturated heterocycles. The third-order valence-corrected chi connectivity index (χ3v) is 2.58. The second-order valence-electron chi connectivity index (χ2n) is 3.27. The fourth-order valence-electron chi connectivity index (χ4n) is 1.55. The van der Waals surface area contributed by atoms with Gasteiger partial charge in [-0.1, -0.05) is 19.8 Å². The molecule has 0 aromatic heterocycles. The summed E-state index contributed by atoms with van der Waals surface area (Å²) in [5.74, 6) is 6.58. The van der Waals surface area contributed by atoms with Crippen molar-refractivity contribution in [3.05, 3.63) is 0 Å². The van der Waals surface area contributed by atoms with Gasteiger partial charge in [-0.05, 0) is 25.2 Å². The standard InChI is InChI=1S/C9H14O/c1-4-5-9(10)6-7(2)8(9)3/h7-8,10H,6H2,1-3H3. The van der Waals surface area contributed by atoms with E-state index in [1.165, 1.54) is 0 Å². The number of aliphatic hydroxyl groups is 1. The van der Waals surface area contributed by atoms with E-state index in [4.69, 9.17) is 0 Å². The predicted octanol–water partition coefficient (Wildman–Crippen LogP) is 1.42. The normalized spacial score (nSPS) is 45.2. The summed E-state index contributed by atoms with van der Waals surface area (Å²) in [5, 5.41) is 9.68. The van der Waals surface area contributed by atoms with Crippen LogP contribution in [0.15, 0.2) is 0 Å².